The van der Waals surface area contributed by atoms with Crippen molar-refractivity contribution < 1.29 is 19.0 Å². The highest BCUT2D eigenvalue weighted by Crippen LogP contribution is 2.28. The van der Waals surface area contributed by atoms with Crippen molar-refractivity contribution in [3.63, 3.8) is 0 Å². The van der Waals surface area contributed by atoms with Crippen LogP contribution in [0, 0.1) is 11.3 Å². The van der Waals surface area contributed by atoms with Crippen LogP contribution in [-0.2, 0) is 4.79 Å². The highest BCUT2D eigenvalue weighted by atomic mass is 32.1. The lowest BCUT2D eigenvalue weighted by molar-refractivity contribution is -0.111. The average molecular weight is 528 g/mol. The first kappa shape index (κ1) is 26.3. The molecule has 0 aliphatic rings. The summed E-state index contributed by atoms with van der Waals surface area (Å²) < 4.78 is 18.2. The predicted molar refractivity (Wildman–Crippen MR) is 148 cm³/mol. The van der Waals surface area contributed by atoms with Gasteiger partial charge in [-0.25, -0.2) is 0 Å². The van der Waals surface area contributed by atoms with Crippen molar-refractivity contribution in [1.82, 2.24) is 4.57 Å². The molecule has 0 radical (unpaired) electrons. The highest BCUT2D eigenvalue weighted by molar-refractivity contribution is 7.07. The highest BCUT2D eigenvalue weighted by Gasteiger charge is 2.17. The van der Waals surface area contributed by atoms with Gasteiger partial charge in [-0.1, -0.05) is 30.3 Å². The largest absolute Gasteiger partial charge is 0.497 e. The zero-order chi connectivity index (χ0) is 27.1. The van der Waals surface area contributed by atoms with E-state index in [0.29, 0.717) is 45.3 Å². The summed E-state index contributed by atoms with van der Waals surface area (Å²) in [5.41, 5.74) is 1.15. The second-order valence-corrected chi connectivity index (χ2v) is 8.94. The number of amides is 1. The van der Waals surface area contributed by atoms with Crippen molar-refractivity contribution in [1.29, 1.82) is 5.26 Å². The van der Waals surface area contributed by atoms with Gasteiger partial charge < -0.3 is 19.5 Å². The Labute approximate surface area is 223 Å². The second-order valence-electron chi connectivity index (χ2n) is 7.91. The molecule has 1 aromatic heterocycles. The molecule has 38 heavy (non-hydrogen) atoms. The molecule has 1 N–H and O–H groups in total. The number of ether oxygens (including phenoxy) is 3. The first-order valence-electron chi connectivity index (χ1n) is 11.7. The molecule has 3 aromatic carbocycles. The quantitative estimate of drug-likeness (QED) is 0.377. The van der Waals surface area contributed by atoms with Gasteiger partial charge in [-0.15, -0.1) is 11.3 Å². The van der Waals surface area contributed by atoms with E-state index in [-0.39, 0.29) is 15.8 Å². The number of para-hydroxylation sites is 1. The third-order valence-corrected chi connectivity index (χ3v) is 6.60. The van der Waals surface area contributed by atoms with Gasteiger partial charge in [0.1, 0.15) is 16.5 Å². The average Bonchev–Trinajstić information content (AvgIpc) is 3.25. The number of nitrogens with one attached hydrogen (secondary N) is 1. The zero-order valence-corrected chi connectivity index (χ0v) is 21.9. The summed E-state index contributed by atoms with van der Waals surface area (Å²) in [5.74, 6) is 1.04. The fourth-order valence-electron chi connectivity index (χ4n) is 3.75. The normalized spacial score (nSPS) is 11.9. The molecule has 9 heteroatoms. The summed E-state index contributed by atoms with van der Waals surface area (Å²) in [7, 11) is 3.07. The lowest BCUT2D eigenvalue weighted by atomic mass is 10.2. The Morgan fingerprint density at radius 1 is 1.03 bits per heavy atom. The van der Waals surface area contributed by atoms with Crippen LogP contribution in [0.15, 0.2) is 77.6 Å². The molecule has 8 nitrogen and oxygen atoms in total. The van der Waals surface area contributed by atoms with Crippen molar-refractivity contribution >= 4 is 34.6 Å². The molecule has 0 saturated carbocycles. The lowest BCUT2D eigenvalue weighted by Crippen LogP contribution is -2.32. The van der Waals surface area contributed by atoms with Crippen LogP contribution in [-0.4, -0.2) is 31.3 Å². The molecule has 4 rings (SSSR count). The molecular weight excluding hydrogens is 502 g/mol. The zero-order valence-electron chi connectivity index (χ0n) is 21.1. The molecule has 0 saturated heterocycles. The monoisotopic (exact) mass is 527 g/mol. The Morgan fingerprint density at radius 3 is 2.50 bits per heavy atom. The fraction of sp³-hybridized carbons (Fsp3) is 0.138. The predicted octanol–water partition coefficient (Wildman–Crippen LogP) is 3.46. The maximum atomic E-state index is 13.6. The third kappa shape index (κ3) is 5.61. The Kier molecular flexibility index (Phi) is 8.26. The summed E-state index contributed by atoms with van der Waals surface area (Å²) in [5, 5.41) is 12.7. The second kappa shape index (κ2) is 12.0. The molecule has 192 valence electrons. The number of carbonyl (C=O) groups is 1. The van der Waals surface area contributed by atoms with Gasteiger partial charge in [0.25, 0.3) is 11.5 Å². The van der Waals surface area contributed by atoms with Gasteiger partial charge >= 0.3 is 0 Å². The number of hydrogen-bond donors (Lipinski definition) is 1. The van der Waals surface area contributed by atoms with E-state index >= 15 is 0 Å². The Balaban J connectivity index is 1.90. The van der Waals surface area contributed by atoms with Gasteiger partial charge in [-0.3, -0.25) is 14.2 Å². The molecule has 0 spiro atoms. The number of rotatable bonds is 8. The minimum Gasteiger partial charge on any atom is -0.497 e. The van der Waals surface area contributed by atoms with Gasteiger partial charge in [0.05, 0.1) is 31.0 Å². The van der Waals surface area contributed by atoms with E-state index in [4.69, 9.17) is 14.2 Å². The third-order valence-electron chi connectivity index (χ3n) is 5.50. The van der Waals surface area contributed by atoms with Crippen LogP contribution in [0.25, 0.3) is 17.3 Å². The maximum Gasteiger partial charge on any atom is 0.273 e. The number of nitriles is 1. The van der Waals surface area contributed by atoms with E-state index in [9.17, 15) is 14.9 Å². The van der Waals surface area contributed by atoms with Crippen LogP contribution in [0.4, 0.5) is 5.69 Å². The SMILES string of the molecule is CCOc1ccc(C=c2sc(=C(C#N)C(=O)Nc3cccc(OC)c3)n(-c3ccccc3)c2=O)cc1OC. The van der Waals surface area contributed by atoms with E-state index < -0.39 is 5.91 Å². The molecule has 1 amide bonds. The van der Waals surface area contributed by atoms with Gasteiger partial charge in [-0.05, 0) is 55.0 Å². The van der Waals surface area contributed by atoms with Crippen LogP contribution in [0.1, 0.15) is 12.5 Å². The van der Waals surface area contributed by atoms with Gasteiger partial charge in [0.15, 0.2) is 17.1 Å². The van der Waals surface area contributed by atoms with Crippen LogP contribution >= 0.6 is 11.3 Å². The fourth-order valence-corrected chi connectivity index (χ4v) is 4.85. The number of thiazole rings is 1. The van der Waals surface area contributed by atoms with Crippen LogP contribution in [0.5, 0.6) is 17.2 Å². The van der Waals surface area contributed by atoms with Crippen molar-refractivity contribution in [3.8, 4) is 29.0 Å². The molecule has 0 unspecified atom stereocenters. The van der Waals surface area contributed by atoms with E-state index in [1.807, 2.05) is 25.1 Å². The Bertz CT molecular complexity index is 1680. The molecule has 0 aliphatic carbocycles. The number of hydrogen-bond acceptors (Lipinski definition) is 7. The summed E-state index contributed by atoms with van der Waals surface area (Å²) in [6, 6.07) is 23.0. The van der Waals surface area contributed by atoms with Crippen LogP contribution in [0.2, 0.25) is 0 Å². The maximum absolute atomic E-state index is 13.6. The number of benzene rings is 3. The summed E-state index contributed by atoms with van der Waals surface area (Å²) >= 11 is 1.06. The van der Waals surface area contributed by atoms with Crippen molar-refractivity contribution in [2.75, 3.05) is 26.1 Å². The van der Waals surface area contributed by atoms with Gasteiger partial charge in [0.2, 0.25) is 0 Å². The number of nitrogens with zero attached hydrogens (tertiary/aromatic N) is 2. The Hall–Kier alpha value is -4.81. The van der Waals surface area contributed by atoms with Gasteiger partial charge in [-0.2, -0.15) is 5.26 Å². The van der Waals surface area contributed by atoms with Gasteiger partial charge in [0, 0.05) is 11.8 Å². The topological polar surface area (TPSA) is 103 Å². The van der Waals surface area contributed by atoms with E-state index in [1.54, 1.807) is 73.8 Å². The standard InChI is InChI=1S/C29H25N3O5S/c1-4-37-24-14-13-19(15-25(24)36-3)16-26-28(34)32(21-10-6-5-7-11-21)29(38-26)23(18-30)27(33)31-20-9-8-12-22(17-20)35-2/h5-17H,4H2,1-3H3,(H,31,33). The minimum absolute atomic E-state index is 0.192. The van der Waals surface area contributed by atoms with Crippen molar-refractivity contribution in [2.24, 2.45) is 0 Å². The molecule has 0 fully saturated rings. The number of aromatic nitrogens is 1. The lowest BCUT2D eigenvalue weighted by Gasteiger charge is -2.09. The summed E-state index contributed by atoms with van der Waals surface area (Å²) in [4.78, 5) is 26.8. The molecule has 0 atom stereocenters. The van der Waals surface area contributed by atoms with Crippen LogP contribution in [0.3, 0.4) is 0 Å². The Morgan fingerprint density at radius 2 is 1.82 bits per heavy atom. The van der Waals surface area contributed by atoms with Crippen molar-refractivity contribution in [2.45, 2.75) is 6.92 Å². The molecular formula is C29H25N3O5S. The number of methoxy groups -OCH3 is 2. The first-order chi connectivity index (χ1) is 18.5. The summed E-state index contributed by atoms with van der Waals surface area (Å²) in [6.45, 7) is 2.37. The van der Waals surface area contributed by atoms with E-state index in [1.165, 1.54) is 11.7 Å². The number of anilines is 1. The van der Waals surface area contributed by atoms with E-state index in [2.05, 4.69) is 5.32 Å². The first-order valence-corrected chi connectivity index (χ1v) is 12.5. The smallest absolute Gasteiger partial charge is 0.273 e. The molecule has 0 aliphatic heterocycles. The molecule has 4 aromatic rings. The number of carbonyl (C=O) groups excluding carboxylic acids is 1. The van der Waals surface area contributed by atoms with E-state index in [0.717, 1.165) is 11.3 Å². The molecule has 1 heterocycles. The molecule has 0 bridgehead atoms. The minimum atomic E-state index is -0.638. The summed E-state index contributed by atoms with van der Waals surface area (Å²) in [6.07, 6.45) is 1.70. The van der Waals surface area contributed by atoms with Crippen molar-refractivity contribution in [3.05, 3.63) is 97.9 Å². The van der Waals surface area contributed by atoms with Crippen LogP contribution < -0.4 is 34.3 Å².